The number of amides is 1. The van der Waals surface area contributed by atoms with Crippen LogP contribution >= 0.6 is 24.8 Å². The molecule has 1 aromatic carbocycles. The number of nitrogens with zero attached hydrogens (tertiary/aromatic N) is 2. The number of hydrogen-bond acceptors (Lipinski definition) is 4. The third-order valence-corrected chi connectivity index (χ3v) is 5.90. The van der Waals surface area contributed by atoms with Crippen molar-refractivity contribution in [3.8, 4) is 0 Å². The van der Waals surface area contributed by atoms with Gasteiger partial charge in [0.1, 0.15) is 5.54 Å². The van der Waals surface area contributed by atoms with E-state index < -0.39 is 5.54 Å². The van der Waals surface area contributed by atoms with Gasteiger partial charge in [-0.2, -0.15) is 0 Å². The zero-order valence-corrected chi connectivity index (χ0v) is 17.4. The Morgan fingerprint density at radius 2 is 1.73 bits per heavy atom. The third kappa shape index (κ3) is 3.81. The van der Waals surface area contributed by atoms with Gasteiger partial charge in [-0.15, -0.1) is 24.8 Å². The van der Waals surface area contributed by atoms with Crippen molar-refractivity contribution < 1.29 is 9.53 Å². The van der Waals surface area contributed by atoms with Crippen LogP contribution in [-0.2, 0) is 9.53 Å². The molecule has 2 N–H and O–H groups in total. The van der Waals surface area contributed by atoms with Crippen LogP contribution in [0.4, 0.5) is 5.69 Å². The number of halogens is 2. The summed E-state index contributed by atoms with van der Waals surface area (Å²) in [5.74, 6) is 0.0798. The first-order valence-corrected chi connectivity index (χ1v) is 8.90. The van der Waals surface area contributed by atoms with E-state index in [0.29, 0.717) is 13.0 Å². The van der Waals surface area contributed by atoms with Gasteiger partial charge in [-0.25, -0.2) is 0 Å². The topological polar surface area (TPSA) is 58.8 Å². The second-order valence-corrected chi connectivity index (χ2v) is 7.46. The molecule has 0 radical (unpaired) electrons. The molecule has 5 nitrogen and oxygen atoms in total. The first-order chi connectivity index (χ1) is 11.4. The number of carbonyl (C=O) groups excluding carboxylic acids is 1. The van der Waals surface area contributed by atoms with E-state index in [2.05, 4.69) is 30.9 Å². The highest BCUT2D eigenvalue weighted by molar-refractivity contribution is 5.89. The highest BCUT2D eigenvalue weighted by Gasteiger charge is 2.63. The maximum atomic E-state index is 13.0. The molecule has 1 saturated carbocycles. The Bertz CT molecular complexity index is 592. The number of ether oxygens (including phenoxy) is 1. The predicted molar refractivity (Wildman–Crippen MR) is 110 cm³/mol. The summed E-state index contributed by atoms with van der Waals surface area (Å²) in [5.41, 5.74) is 6.63. The number of anilines is 1. The monoisotopic (exact) mass is 403 g/mol. The molecule has 0 spiro atoms. The summed E-state index contributed by atoms with van der Waals surface area (Å²) in [7, 11) is 0. The molecular formula is C19H31Cl2N3O2. The van der Waals surface area contributed by atoms with E-state index in [0.717, 1.165) is 26.2 Å². The smallest absolute Gasteiger partial charge is 0.243 e. The minimum absolute atomic E-state index is 0. The van der Waals surface area contributed by atoms with Gasteiger partial charge < -0.3 is 20.3 Å². The molecule has 2 unspecified atom stereocenters. The Morgan fingerprint density at radius 3 is 2.23 bits per heavy atom. The van der Waals surface area contributed by atoms with Crippen LogP contribution in [0.15, 0.2) is 30.3 Å². The molecule has 1 aromatic rings. The average molecular weight is 404 g/mol. The molecule has 2 atom stereocenters. The second-order valence-electron chi connectivity index (χ2n) is 7.46. The maximum Gasteiger partial charge on any atom is 0.243 e. The SMILES string of the molecule is CCOC1CC(N)(C(=O)N2CCN(c3ccccc3)CC2)C1(C)C.Cl.Cl. The van der Waals surface area contributed by atoms with Gasteiger partial charge in [0.05, 0.1) is 6.10 Å². The number of nitrogens with two attached hydrogens (primary N) is 1. The van der Waals surface area contributed by atoms with Crippen LogP contribution < -0.4 is 10.6 Å². The minimum atomic E-state index is -0.804. The van der Waals surface area contributed by atoms with Gasteiger partial charge >= 0.3 is 0 Å². The summed E-state index contributed by atoms with van der Waals surface area (Å²) < 4.78 is 5.74. The van der Waals surface area contributed by atoms with Crippen molar-refractivity contribution in [2.75, 3.05) is 37.7 Å². The molecule has 1 saturated heterocycles. The minimum Gasteiger partial charge on any atom is -0.378 e. The van der Waals surface area contributed by atoms with Crippen LogP contribution in [0.1, 0.15) is 27.2 Å². The quantitative estimate of drug-likeness (QED) is 0.839. The van der Waals surface area contributed by atoms with E-state index >= 15 is 0 Å². The number of para-hydroxylation sites is 1. The molecule has 1 heterocycles. The van der Waals surface area contributed by atoms with Crippen molar-refractivity contribution >= 4 is 36.4 Å². The van der Waals surface area contributed by atoms with Crippen LogP contribution in [0.5, 0.6) is 0 Å². The van der Waals surface area contributed by atoms with Crippen molar-refractivity contribution in [3.63, 3.8) is 0 Å². The molecule has 0 aromatic heterocycles. The number of benzene rings is 1. The lowest BCUT2D eigenvalue weighted by molar-refractivity contribution is -0.179. The molecule has 1 aliphatic carbocycles. The predicted octanol–water partition coefficient (Wildman–Crippen LogP) is 2.71. The molecule has 0 bridgehead atoms. The first-order valence-electron chi connectivity index (χ1n) is 8.90. The summed E-state index contributed by atoms with van der Waals surface area (Å²) in [4.78, 5) is 17.3. The molecule has 1 amide bonds. The van der Waals surface area contributed by atoms with E-state index in [1.165, 1.54) is 5.69 Å². The third-order valence-electron chi connectivity index (χ3n) is 5.90. The molecule has 26 heavy (non-hydrogen) atoms. The van der Waals surface area contributed by atoms with Crippen molar-refractivity contribution in [1.29, 1.82) is 0 Å². The van der Waals surface area contributed by atoms with Crippen LogP contribution in [0.3, 0.4) is 0 Å². The van der Waals surface area contributed by atoms with Crippen molar-refractivity contribution in [1.82, 2.24) is 4.90 Å². The van der Waals surface area contributed by atoms with Gasteiger partial charge in [-0.1, -0.05) is 32.0 Å². The molecule has 7 heteroatoms. The van der Waals surface area contributed by atoms with Crippen LogP contribution in [-0.4, -0.2) is 55.2 Å². The van der Waals surface area contributed by atoms with Gasteiger partial charge in [-0.05, 0) is 19.1 Å². The number of piperazine rings is 1. The molecule has 1 aliphatic heterocycles. The molecule has 3 rings (SSSR count). The van der Waals surface area contributed by atoms with Crippen LogP contribution in [0.2, 0.25) is 0 Å². The Morgan fingerprint density at radius 1 is 1.15 bits per heavy atom. The summed E-state index contributed by atoms with van der Waals surface area (Å²) in [6, 6.07) is 10.3. The van der Waals surface area contributed by atoms with Gasteiger partial charge in [0.25, 0.3) is 0 Å². The zero-order chi connectivity index (χ0) is 17.4. The highest BCUT2D eigenvalue weighted by Crippen LogP contribution is 2.50. The van der Waals surface area contributed by atoms with E-state index in [4.69, 9.17) is 10.5 Å². The zero-order valence-electron chi connectivity index (χ0n) is 15.8. The Labute approximate surface area is 169 Å². The number of rotatable bonds is 4. The van der Waals surface area contributed by atoms with Crippen LogP contribution in [0.25, 0.3) is 0 Å². The fourth-order valence-corrected chi connectivity index (χ4v) is 3.89. The number of carbonyl (C=O) groups is 1. The largest absolute Gasteiger partial charge is 0.378 e. The van der Waals surface area contributed by atoms with E-state index in [1.807, 2.05) is 30.0 Å². The van der Waals surface area contributed by atoms with Gasteiger partial charge in [0.15, 0.2) is 0 Å². The fourth-order valence-electron chi connectivity index (χ4n) is 3.89. The fraction of sp³-hybridized carbons (Fsp3) is 0.632. The van der Waals surface area contributed by atoms with Gasteiger partial charge in [0.2, 0.25) is 5.91 Å². The van der Waals surface area contributed by atoms with Crippen molar-refractivity contribution in [3.05, 3.63) is 30.3 Å². The summed E-state index contributed by atoms with van der Waals surface area (Å²) in [6.45, 7) is 9.89. The second kappa shape index (κ2) is 8.79. The van der Waals surface area contributed by atoms with E-state index in [1.54, 1.807) is 0 Å². The molecule has 148 valence electrons. The molecular weight excluding hydrogens is 373 g/mol. The van der Waals surface area contributed by atoms with E-state index in [-0.39, 0.29) is 42.2 Å². The maximum absolute atomic E-state index is 13.0. The summed E-state index contributed by atoms with van der Waals surface area (Å²) in [6.07, 6.45) is 0.688. The lowest BCUT2D eigenvalue weighted by atomic mass is 9.54. The lowest BCUT2D eigenvalue weighted by Crippen LogP contribution is -2.76. The summed E-state index contributed by atoms with van der Waals surface area (Å²) in [5, 5.41) is 0. The Kier molecular flexibility index (Phi) is 7.78. The normalized spacial score (nSPS) is 27.0. The standard InChI is InChI=1S/C19H29N3O2.2ClH/c1-4-24-16-14-19(20,18(16,2)3)17(23)22-12-10-21(11-13-22)15-8-6-5-7-9-15;;/h5-9,16H,4,10-14,20H2,1-3H3;2*1H. The lowest BCUT2D eigenvalue weighted by Gasteiger charge is -2.59. The van der Waals surface area contributed by atoms with E-state index in [9.17, 15) is 4.79 Å². The van der Waals surface area contributed by atoms with Crippen LogP contribution in [0, 0.1) is 5.41 Å². The number of hydrogen-bond donors (Lipinski definition) is 1. The van der Waals surface area contributed by atoms with Crippen molar-refractivity contribution in [2.24, 2.45) is 11.1 Å². The highest BCUT2D eigenvalue weighted by atomic mass is 35.5. The van der Waals surface area contributed by atoms with Gasteiger partial charge in [0, 0.05) is 50.3 Å². The molecule has 2 aliphatic rings. The Balaban J connectivity index is 0.00000169. The van der Waals surface area contributed by atoms with Gasteiger partial charge in [-0.3, -0.25) is 4.79 Å². The average Bonchev–Trinajstić information content (AvgIpc) is 2.61. The Hall–Kier alpha value is -1.01. The first kappa shape index (κ1) is 23.0. The molecule has 2 fully saturated rings. The summed E-state index contributed by atoms with van der Waals surface area (Å²) >= 11 is 0. The van der Waals surface area contributed by atoms with Crippen molar-refractivity contribution in [2.45, 2.75) is 38.8 Å².